The average molecular weight is 421 g/mol. The maximum Gasteiger partial charge on any atom is 0.253 e. The van der Waals surface area contributed by atoms with E-state index in [-0.39, 0.29) is 5.91 Å². The van der Waals surface area contributed by atoms with Gasteiger partial charge in [-0.25, -0.2) is 0 Å². The largest absolute Gasteiger partial charge is 0.336 e. The molecule has 1 aromatic carbocycles. The lowest BCUT2D eigenvalue weighted by molar-refractivity contribution is 0.0582. The second-order valence-electron chi connectivity index (χ2n) is 5.80. The van der Waals surface area contributed by atoms with E-state index in [2.05, 4.69) is 45.5 Å². The molecule has 3 rings (SSSR count). The van der Waals surface area contributed by atoms with Gasteiger partial charge in [-0.3, -0.25) is 14.7 Å². The molecule has 0 bridgehead atoms. The number of benzene rings is 1. The summed E-state index contributed by atoms with van der Waals surface area (Å²) in [6.45, 7) is 5.54. The zero-order valence-electron chi connectivity index (χ0n) is 13.2. The summed E-state index contributed by atoms with van der Waals surface area (Å²) in [5.74, 6) is 0.134. The van der Waals surface area contributed by atoms with E-state index in [1.807, 2.05) is 41.4 Å². The highest BCUT2D eigenvalue weighted by atomic mass is 127. The Hall–Kier alpha value is -1.47. The number of pyridine rings is 1. The number of carbonyl (C=O) groups is 1. The molecule has 0 saturated carbocycles. The first-order chi connectivity index (χ1) is 11.1. The maximum absolute atomic E-state index is 12.6. The molecule has 0 radical (unpaired) electrons. The van der Waals surface area contributed by atoms with Gasteiger partial charge in [0.15, 0.2) is 0 Å². The number of rotatable bonds is 3. The molecule has 1 unspecified atom stereocenters. The number of aromatic nitrogens is 1. The van der Waals surface area contributed by atoms with E-state index in [0.29, 0.717) is 6.04 Å². The van der Waals surface area contributed by atoms with Crippen molar-refractivity contribution >= 4 is 28.5 Å². The van der Waals surface area contributed by atoms with Gasteiger partial charge in [-0.05, 0) is 65.4 Å². The van der Waals surface area contributed by atoms with Gasteiger partial charge in [0.1, 0.15) is 0 Å². The number of carbonyl (C=O) groups excluding carboxylic acids is 1. The lowest BCUT2D eigenvalue weighted by Crippen LogP contribution is -2.49. The molecule has 1 saturated heterocycles. The number of hydrogen-bond donors (Lipinski definition) is 0. The standard InChI is InChI=1S/C18H20IN3O/c1-14(16-3-2-8-20-13-16)21-9-11-22(12-10-21)18(23)15-4-6-17(19)7-5-15/h2-8,13-14H,9-12H2,1H3. The molecule has 0 N–H and O–H groups in total. The lowest BCUT2D eigenvalue weighted by atomic mass is 10.1. The molecule has 1 atom stereocenters. The van der Waals surface area contributed by atoms with Crippen molar-refractivity contribution < 1.29 is 4.79 Å². The molecule has 2 heterocycles. The van der Waals surface area contributed by atoms with Crippen molar-refractivity contribution in [2.45, 2.75) is 13.0 Å². The molecule has 5 heteroatoms. The van der Waals surface area contributed by atoms with Gasteiger partial charge < -0.3 is 4.90 Å². The summed E-state index contributed by atoms with van der Waals surface area (Å²) in [6, 6.07) is 12.2. The van der Waals surface area contributed by atoms with E-state index < -0.39 is 0 Å². The first-order valence-electron chi connectivity index (χ1n) is 7.84. The van der Waals surface area contributed by atoms with Crippen molar-refractivity contribution in [2.75, 3.05) is 26.2 Å². The monoisotopic (exact) mass is 421 g/mol. The number of piperazine rings is 1. The highest BCUT2D eigenvalue weighted by Crippen LogP contribution is 2.21. The minimum Gasteiger partial charge on any atom is -0.336 e. The predicted octanol–water partition coefficient (Wildman–Crippen LogP) is 3.21. The zero-order chi connectivity index (χ0) is 16.2. The molecule has 1 fully saturated rings. The molecule has 23 heavy (non-hydrogen) atoms. The van der Waals surface area contributed by atoms with Crippen LogP contribution in [0, 0.1) is 3.57 Å². The molecular formula is C18H20IN3O. The van der Waals surface area contributed by atoms with E-state index in [0.717, 1.165) is 35.3 Å². The first-order valence-corrected chi connectivity index (χ1v) is 8.92. The Balaban J connectivity index is 1.60. The van der Waals surface area contributed by atoms with E-state index in [1.165, 1.54) is 5.56 Å². The minimum atomic E-state index is 0.134. The van der Waals surface area contributed by atoms with Crippen molar-refractivity contribution in [2.24, 2.45) is 0 Å². The maximum atomic E-state index is 12.6. The van der Waals surface area contributed by atoms with Crippen molar-refractivity contribution in [3.63, 3.8) is 0 Å². The topological polar surface area (TPSA) is 36.4 Å². The average Bonchev–Trinajstić information content (AvgIpc) is 2.62. The van der Waals surface area contributed by atoms with Crippen LogP contribution >= 0.6 is 22.6 Å². The van der Waals surface area contributed by atoms with Gasteiger partial charge in [0, 0.05) is 53.7 Å². The third-order valence-electron chi connectivity index (χ3n) is 4.41. The molecule has 1 amide bonds. The second kappa shape index (κ2) is 7.40. The summed E-state index contributed by atoms with van der Waals surface area (Å²) in [4.78, 5) is 21.1. The van der Waals surface area contributed by atoms with Crippen molar-refractivity contribution in [3.8, 4) is 0 Å². The summed E-state index contributed by atoms with van der Waals surface area (Å²) in [7, 11) is 0. The Labute approximate surface area is 150 Å². The van der Waals surface area contributed by atoms with Gasteiger partial charge in [0.25, 0.3) is 5.91 Å². The Bertz CT molecular complexity index is 652. The van der Waals surface area contributed by atoms with Crippen LogP contribution < -0.4 is 0 Å². The van der Waals surface area contributed by atoms with Crippen LogP contribution in [-0.4, -0.2) is 46.9 Å². The summed E-state index contributed by atoms with van der Waals surface area (Å²) < 4.78 is 1.15. The summed E-state index contributed by atoms with van der Waals surface area (Å²) in [5.41, 5.74) is 2.00. The van der Waals surface area contributed by atoms with Gasteiger partial charge in [-0.1, -0.05) is 6.07 Å². The van der Waals surface area contributed by atoms with Crippen LogP contribution in [0.4, 0.5) is 0 Å². The normalized spacial score (nSPS) is 17.0. The van der Waals surface area contributed by atoms with Gasteiger partial charge >= 0.3 is 0 Å². The SMILES string of the molecule is CC(c1cccnc1)N1CCN(C(=O)c2ccc(I)cc2)CC1. The number of nitrogens with zero attached hydrogens (tertiary/aromatic N) is 3. The molecule has 1 aliphatic heterocycles. The Kier molecular flexibility index (Phi) is 5.27. The van der Waals surface area contributed by atoms with Gasteiger partial charge in [0.2, 0.25) is 0 Å². The fourth-order valence-electron chi connectivity index (χ4n) is 2.92. The van der Waals surface area contributed by atoms with Crippen molar-refractivity contribution in [1.82, 2.24) is 14.8 Å². The highest BCUT2D eigenvalue weighted by molar-refractivity contribution is 14.1. The fraction of sp³-hybridized carbons (Fsp3) is 0.333. The number of hydrogen-bond acceptors (Lipinski definition) is 3. The van der Waals surface area contributed by atoms with Crippen molar-refractivity contribution in [3.05, 3.63) is 63.5 Å². The van der Waals surface area contributed by atoms with Gasteiger partial charge in [-0.15, -0.1) is 0 Å². The molecule has 1 aromatic heterocycles. The van der Waals surface area contributed by atoms with Crippen LogP contribution in [0.2, 0.25) is 0 Å². The summed E-state index contributed by atoms with van der Waals surface area (Å²) >= 11 is 2.25. The Morgan fingerprint density at radius 3 is 2.43 bits per heavy atom. The lowest BCUT2D eigenvalue weighted by Gasteiger charge is -2.38. The molecule has 4 nitrogen and oxygen atoms in total. The third kappa shape index (κ3) is 3.90. The van der Waals surface area contributed by atoms with Crippen LogP contribution in [0.5, 0.6) is 0 Å². The Morgan fingerprint density at radius 1 is 1.13 bits per heavy atom. The molecule has 0 spiro atoms. The van der Waals surface area contributed by atoms with E-state index in [1.54, 1.807) is 6.20 Å². The molecule has 120 valence electrons. The van der Waals surface area contributed by atoms with Crippen LogP contribution in [0.25, 0.3) is 0 Å². The first kappa shape index (κ1) is 16.4. The smallest absolute Gasteiger partial charge is 0.253 e. The predicted molar refractivity (Wildman–Crippen MR) is 99.3 cm³/mol. The van der Waals surface area contributed by atoms with Crippen LogP contribution in [0.1, 0.15) is 28.9 Å². The Morgan fingerprint density at radius 2 is 1.83 bits per heavy atom. The van der Waals surface area contributed by atoms with Crippen molar-refractivity contribution in [1.29, 1.82) is 0 Å². The number of amides is 1. The number of halogens is 1. The minimum absolute atomic E-state index is 0.134. The molecule has 0 aliphatic carbocycles. The van der Waals surface area contributed by atoms with Crippen LogP contribution in [-0.2, 0) is 0 Å². The highest BCUT2D eigenvalue weighted by Gasteiger charge is 2.25. The summed E-state index contributed by atoms with van der Waals surface area (Å²) in [6.07, 6.45) is 3.72. The molecule has 2 aromatic rings. The quantitative estimate of drug-likeness (QED) is 0.715. The van der Waals surface area contributed by atoms with Crippen LogP contribution in [0.15, 0.2) is 48.8 Å². The van der Waals surface area contributed by atoms with E-state index in [4.69, 9.17) is 0 Å². The van der Waals surface area contributed by atoms with Gasteiger partial charge in [0.05, 0.1) is 0 Å². The summed E-state index contributed by atoms with van der Waals surface area (Å²) in [5, 5.41) is 0. The zero-order valence-corrected chi connectivity index (χ0v) is 15.3. The van der Waals surface area contributed by atoms with E-state index in [9.17, 15) is 4.79 Å². The van der Waals surface area contributed by atoms with Crippen LogP contribution in [0.3, 0.4) is 0 Å². The third-order valence-corrected chi connectivity index (χ3v) is 5.13. The fourth-order valence-corrected chi connectivity index (χ4v) is 3.28. The molecule has 1 aliphatic rings. The second-order valence-corrected chi connectivity index (χ2v) is 7.04. The van der Waals surface area contributed by atoms with Gasteiger partial charge in [-0.2, -0.15) is 0 Å². The molecular weight excluding hydrogens is 401 g/mol. The van der Waals surface area contributed by atoms with E-state index >= 15 is 0 Å².